The van der Waals surface area contributed by atoms with Gasteiger partial charge in [-0.15, -0.1) is 11.3 Å². The highest BCUT2D eigenvalue weighted by atomic mass is 32.1. The van der Waals surface area contributed by atoms with E-state index in [2.05, 4.69) is 5.32 Å². The largest absolute Gasteiger partial charge is 0.488 e. The molecule has 6 heteroatoms. The lowest BCUT2D eigenvalue weighted by molar-refractivity contribution is -0.142. The molecular weight excluding hydrogens is 326 g/mol. The number of carboxylic acids is 1. The summed E-state index contributed by atoms with van der Waals surface area (Å²) in [7, 11) is 0. The van der Waals surface area contributed by atoms with E-state index < -0.39 is 11.9 Å². The Morgan fingerprint density at radius 2 is 2.08 bits per heavy atom. The number of thiophene rings is 1. The molecule has 5 nitrogen and oxygen atoms in total. The Morgan fingerprint density at radius 3 is 2.92 bits per heavy atom. The summed E-state index contributed by atoms with van der Waals surface area (Å²) in [6, 6.07) is 9.37. The Balaban J connectivity index is 1.57. The van der Waals surface area contributed by atoms with E-state index in [-0.39, 0.29) is 11.9 Å². The molecule has 1 aliphatic heterocycles. The van der Waals surface area contributed by atoms with Crippen molar-refractivity contribution in [1.29, 1.82) is 0 Å². The van der Waals surface area contributed by atoms with E-state index in [4.69, 9.17) is 4.74 Å². The molecule has 0 radical (unpaired) electrons. The second kappa shape index (κ2) is 5.94. The van der Waals surface area contributed by atoms with Crippen LogP contribution < -0.4 is 10.1 Å². The third kappa shape index (κ3) is 2.57. The number of hydrogen-bond acceptors (Lipinski definition) is 4. The fraction of sp³-hybridized carbons (Fsp3) is 0.333. The minimum atomic E-state index is -0.828. The quantitative estimate of drug-likeness (QED) is 0.897. The maximum absolute atomic E-state index is 12.6. The van der Waals surface area contributed by atoms with Gasteiger partial charge in [-0.1, -0.05) is 18.6 Å². The van der Waals surface area contributed by atoms with E-state index in [0.717, 1.165) is 34.6 Å². The number of amides is 1. The molecular formula is C18H17NO4S. The van der Waals surface area contributed by atoms with Crippen molar-refractivity contribution in [2.24, 2.45) is 5.92 Å². The Labute approximate surface area is 143 Å². The molecule has 2 aromatic rings. The molecule has 24 heavy (non-hydrogen) atoms. The summed E-state index contributed by atoms with van der Waals surface area (Å²) in [6.45, 7) is 0.456. The van der Waals surface area contributed by atoms with Crippen molar-refractivity contribution in [2.45, 2.75) is 31.9 Å². The van der Waals surface area contributed by atoms with E-state index >= 15 is 0 Å². The number of carbonyl (C=O) groups excluding carboxylic acids is 1. The molecule has 1 aromatic heterocycles. The molecule has 0 bridgehead atoms. The van der Waals surface area contributed by atoms with Crippen molar-refractivity contribution >= 4 is 23.2 Å². The van der Waals surface area contributed by atoms with Gasteiger partial charge in [-0.05, 0) is 31.0 Å². The van der Waals surface area contributed by atoms with Crippen LogP contribution in [0, 0.1) is 5.92 Å². The van der Waals surface area contributed by atoms with Crippen LogP contribution in [0.15, 0.2) is 30.3 Å². The first-order valence-corrected chi connectivity index (χ1v) is 8.83. The maximum atomic E-state index is 12.6. The van der Waals surface area contributed by atoms with Gasteiger partial charge in [0.15, 0.2) is 0 Å². The third-order valence-electron chi connectivity index (χ3n) is 4.70. The number of aliphatic carboxylic acids is 1. The van der Waals surface area contributed by atoms with Crippen LogP contribution in [0.4, 0.5) is 0 Å². The first kappa shape index (κ1) is 15.2. The molecule has 1 amide bonds. The van der Waals surface area contributed by atoms with Crippen LogP contribution in [0.3, 0.4) is 0 Å². The molecule has 2 aliphatic rings. The Bertz CT molecular complexity index is 813. The fourth-order valence-electron chi connectivity index (χ4n) is 3.48. The normalized spacial score (nSPS) is 21.5. The number of fused-ring (bicyclic) bond motifs is 3. The van der Waals surface area contributed by atoms with Crippen molar-refractivity contribution in [2.75, 3.05) is 0 Å². The predicted molar refractivity (Wildman–Crippen MR) is 90.3 cm³/mol. The summed E-state index contributed by atoms with van der Waals surface area (Å²) < 4.78 is 5.72. The van der Waals surface area contributed by atoms with Gasteiger partial charge in [-0.25, -0.2) is 0 Å². The first-order chi connectivity index (χ1) is 11.6. The molecule has 1 saturated carbocycles. The first-order valence-electron chi connectivity index (χ1n) is 8.02. The molecule has 124 valence electrons. The highest BCUT2D eigenvalue weighted by molar-refractivity contribution is 7.17. The average Bonchev–Trinajstić information content (AvgIpc) is 3.21. The molecule has 1 aromatic carbocycles. The van der Waals surface area contributed by atoms with Gasteiger partial charge < -0.3 is 15.2 Å². The minimum absolute atomic E-state index is 0.190. The molecule has 2 heterocycles. The lowest BCUT2D eigenvalue weighted by Gasteiger charge is -2.16. The Hall–Kier alpha value is -2.34. The predicted octanol–water partition coefficient (Wildman–Crippen LogP) is 3.29. The van der Waals surface area contributed by atoms with Gasteiger partial charge in [0, 0.05) is 22.0 Å². The van der Waals surface area contributed by atoms with Crippen molar-refractivity contribution in [3.05, 3.63) is 40.8 Å². The fourth-order valence-corrected chi connectivity index (χ4v) is 4.58. The maximum Gasteiger partial charge on any atom is 0.308 e. The number of para-hydroxylation sites is 1. The second-order valence-electron chi connectivity index (χ2n) is 6.21. The van der Waals surface area contributed by atoms with Crippen molar-refractivity contribution in [3.63, 3.8) is 0 Å². The zero-order chi connectivity index (χ0) is 16.7. The van der Waals surface area contributed by atoms with Crippen molar-refractivity contribution in [1.82, 2.24) is 5.32 Å². The van der Waals surface area contributed by atoms with E-state index in [1.165, 1.54) is 11.3 Å². The van der Waals surface area contributed by atoms with Crippen LogP contribution in [0.2, 0.25) is 0 Å². The SMILES string of the molecule is O=C(N[C@H]1CCC[C@H]1C(=O)O)c1cc2c(s1)-c1ccccc1OC2. The minimum Gasteiger partial charge on any atom is -0.488 e. The number of carboxylic acid groups (broad SMARTS) is 1. The average molecular weight is 343 g/mol. The van der Waals surface area contributed by atoms with Gasteiger partial charge in [0.2, 0.25) is 0 Å². The van der Waals surface area contributed by atoms with Crippen LogP contribution in [-0.4, -0.2) is 23.0 Å². The summed E-state index contributed by atoms with van der Waals surface area (Å²) in [6.07, 6.45) is 2.19. The summed E-state index contributed by atoms with van der Waals surface area (Å²) in [4.78, 5) is 25.5. The lowest BCUT2D eigenvalue weighted by Crippen LogP contribution is -2.39. The Morgan fingerprint density at radius 1 is 1.25 bits per heavy atom. The zero-order valence-corrected chi connectivity index (χ0v) is 13.8. The molecule has 0 unspecified atom stereocenters. The van der Waals surface area contributed by atoms with Crippen LogP contribution >= 0.6 is 11.3 Å². The standard InChI is InChI=1S/C18H17NO4S/c20-17(19-13-6-3-5-11(13)18(21)22)15-8-10-9-23-14-7-2-1-4-12(14)16(10)24-15/h1-2,4,7-8,11,13H,3,5-6,9H2,(H,19,20)(H,21,22)/t11-,13+/m1/s1. The highest BCUT2D eigenvalue weighted by Gasteiger charge is 2.34. The van der Waals surface area contributed by atoms with Gasteiger partial charge in [-0.3, -0.25) is 9.59 Å². The highest BCUT2D eigenvalue weighted by Crippen LogP contribution is 2.42. The second-order valence-corrected chi connectivity index (χ2v) is 7.26. The summed E-state index contributed by atoms with van der Waals surface area (Å²) in [5.74, 6) is -0.663. The summed E-state index contributed by atoms with van der Waals surface area (Å²) in [5.41, 5.74) is 2.01. The summed E-state index contributed by atoms with van der Waals surface area (Å²) >= 11 is 1.44. The number of ether oxygens (including phenoxy) is 1. The van der Waals surface area contributed by atoms with Crippen LogP contribution in [0.25, 0.3) is 10.4 Å². The van der Waals surface area contributed by atoms with Gasteiger partial charge in [0.25, 0.3) is 5.91 Å². The topological polar surface area (TPSA) is 75.6 Å². The third-order valence-corrected chi connectivity index (χ3v) is 5.91. The number of benzene rings is 1. The smallest absolute Gasteiger partial charge is 0.308 e. The molecule has 2 N–H and O–H groups in total. The number of rotatable bonds is 3. The zero-order valence-electron chi connectivity index (χ0n) is 13.0. The molecule has 4 rings (SSSR count). The number of hydrogen-bond donors (Lipinski definition) is 2. The Kier molecular flexibility index (Phi) is 3.76. The van der Waals surface area contributed by atoms with Gasteiger partial charge >= 0.3 is 5.97 Å². The summed E-state index contributed by atoms with van der Waals surface area (Å²) in [5, 5.41) is 12.2. The van der Waals surface area contributed by atoms with Gasteiger partial charge in [-0.2, -0.15) is 0 Å². The van der Waals surface area contributed by atoms with E-state index in [1.807, 2.05) is 30.3 Å². The molecule has 0 spiro atoms. The van der Waals surface area contributed by atoms with Gasteiger partial charge in [0.05, 0.1) is 10.8 Å². The number of carbonyl (C=O) groups is 2. The van der Waals surface area contributed by atoms with Crippen molar-refractivity contribution in [3.8, 4) is 16.2 Å². The number of nitrogens with one attached hydrogen (secondary N) is 1. The molecule has 1 aliphatic carbocycles. The van der Waals surface area contributed by atoms with E-state index in [1.54, 1.807) is 0 Å². The molecule has 1 fully saturated rings. The van der Waals surface area contributed by atoms with Crippen LogP contribution in [0.1, 0.15) is 34.5 Å². The van der Waals surface area contributed by atoms with E-state index in [9.17, 15) is 14.7 Å². The van der Waals surface area contributed by atoms with Crippen LogP contribution in [0.5, 0.6) is 5.75 Å². The molecule has 2 atom stereocenters. The van der Waals surface area contributed by atoms with Gasteiger partial charge in [0.1, 0.15) is 12.4 Å². The molecule has 0 saturated heterocycles. The lowest BCUT2D eigenvalue weighted by atomic mass is 10.0. The van der Waals surface area contributed by atoms with Crippen LogP contribution in [-0.2, 0) is 11.4 Å². The monoisotopic (exact) mass is 343 g/mol. The van der Waals surface area contributed by atoms with Crippen molar-refractivity contribution < 1.29 is 19.4 Å². The van der Waals surface area contributed by atoms with E-state index in [0.29, 0.717) is 17.9 Å².